The first-order valence-corrected chi connectivity index (χ1v) is 14.9. The van der Waals surface area contributed by atoms with Gasteiger partial charge >= 0.3 is 0 Å². The van der Waals surface area contributed by atoms with E-state index >= 15 is 0 Å². The summed E-state index contributed by atoms with van der Waals surface area (Å²) in [4.78, 5) is 15.2. The molecule has 0 bridgehead atoms. The van der Waals surface area contributed by atoms with Crippen LogP contribution in [-0.4, -0.2) is 33.3 Å². The van der Waals surface area contributed by atoms with Crippen LogP contribution in [0.1, 0.15) is 99.5 Å². The highest BCUT2D eigenvalue weighted by atomic mass is 32.2. The molecule has 1 aliphatic carbocycles. The van der Waals surface area contributed by atoms with Crippen molar-refractivity contribution in [2.45, 2.75) is 95.9 Å². The lowest BCUT2D eigenvalue weighted by Gasteiger charge is -2.25. The minimum absolute atomic E-state index is 0.0582. The van der Waals surface area contributed by atoms with Crippen LogP contribution in [0, 0.1) is 5.92 Å². The molecule has 1 aliphatic rings. The smallest absolute Gasteiger partial charge is 0.264 e. The summed E-state index contributed by atoms with van der Waals surface area (Å²) in [5.41, 5.74) is 5.66. The second kappa shape index (κ2) is 12.4. The molecule has 0 radical (unpaired) electrons. The van der Waals surface area contributed by atoms with Gasteiger partial charge < -0.3 is 4.90 Å². The number of sulfonamides is 1. The number of hydrogen-bond donors (Lipinski definition) is 1. The van der Waals surface area contributed by atoms with Crippen LogP contribution in [0.25, 0.3) is 0 Å². The highest BCUT2D eigenvalue weighted by Gasteiger charge is 2.23. The van der Waals surface area contributed by atoms with Crippen LogP contribution in [0.5, 0.6) is 0 Å². The van der Waals surface area contributed by atoms with Crippen molar-refractivity contribution in [1.82, 2.24) is 9.62 Å². The van der Waals surface area contributed by atoms with Crippen LogP contribution in [-0.2, 0) is 34.2 Å². The minimum atomic E-state index is -3.93. The van der Waals surface area contributed by atoms with E-state index in [1.165, 1.54) is 37.7 Å². The molecule has 0 atom stereocenters. The summed E-state index contributed by atoms with van der Waals surface area (Å²) in [5.74, 6) is 0.744. The van der Waals surface area contributed by atoms with E-state index in [1.807, 2.05) is 19.0 Å². The third kappa shape index (κ3) is 7.66. The van der Waals surface area contributed by atoms with Crippen molar-refractivity contribution in [3.63, 3.8) is 0 Å². The lowest BCUT2D eigenvalue weighted by atomic mass is 9.80. The first-order valence-electron chi connectivity index (χ1n) is 13.4. The molecule has 0 aromatic heterocycles. The van der Waals surface area contributed by atoms with E-state index < -0.39 is 15.9 Å². The Morgan fingerprint density at radius 3 is 1.97 bits per heavy atom. The quantitative estimate of drug-likeness (QED) is 0.414. The fourth-order valence-corrected chi connectivity index (χ4v) is 6.39. The van der Waals surface area contributed by atoms with Gasteiger partial charge in [0.15, 0.2) is 0 Å². The average Bonchev–Trinajstić information content (AvgIpc) is 2.79. The van der Waals surface area contributed by atoms with Gasteiger partial charge in [0.25, 0.3) is 10.0 Å². The molecule has 3 rings (SSSR count). The van der Waals surface area contributed by atoms with E-state index in [0.29, 0.717) is 0 Å². The van der Waals surface area contributed by atoms with Crippen molar-refractivity contribution < 1.29 is 13.2 Å². The minimum Gasteiger partial charge on any atom is -0.305 e. The summed E-state index contributed by atoms with van der Waals surface area (Å²) < 4.78 is 28.2. The number of benzene rings is 2. The third-order valence-electron chi connectivity index (χ3n) is 7.19. The maximum atomic E-state index is 13.1. The van der Waals surface area contributed by atoms with E-state index in [2.05, 4.69) is 44.5 Å². The Morgan fingerprint density at radius 1 is 0.917 bits per heavy atom. The number of hydrogen-bond acceptors (Lipinski definition) is 4. The molecule has 1 N–H and O–H groups in total. The Morgan fingerprint density at radius 2 is 1.47 bits per heavy atom. The Labute approximate surface area is 218 Å². The van der Waals surface area contributed by atoms with Gasteiger partial charge in [-0.2, -0.15) is 0 Å². The fourth-order valence-electron chi connectivity index (χ4n) is 5.40. The lowest BCUT2D eigenvalue weighted by Crippen LogP contribution is -2.32. The topological polar surface area (TPSA) is 66.5 Å². The molecule has 36 heavy (non-hydrogen) atoms. The maximum Gasteiger partial charge on any atom is 0.264 e. The van der Waals surface area contributed by atoms with Gasteiger partial charge in [0.2, 0.25) is 5.91 Å². The number of carbonyl (C=O) groups excluding carboxylic acids is 1. The molecule has 2 aromatic carbocycles. The van der Waals surface area contributed by atoms with Crippen molar-refractivity contribution in [2.24, 2.45) is 5.92 Å². The van der Waals surface area contributed by atoms with Gasteiger partial charge in [-0.05, 0) is 78.2 Å². The zero-order valence-electron chi connectivity index (χ0n) is 22.9. The molecule has 198 valence electrons. The first kappa shape index (κ1) is 28.4. The molecular weight excluding hydrogens is 468 g/mol. The molecule has 2 aromatic rings. The van der Waals surface area contributed by atoms with Gasteiger partial charge in [0, 0.05) is 6.54 Å². The predicted octanol–water partition coefficient (Wildman–Crippen LogP) is 6.17. The SMILES string of the molecule is CC(C)c1cc(CC2CCCCC2)cc(C(C)C)c1CC(=O)NS(=O)(=O)c1ccc(CN(C)C)cc1. The average molecular weight is 513 g/mol. The van der Waals surface area contributed by atoms with Crippen LogP contribution in [0.3, 0.4) is 0 Å². The molecular formula is C30H44N2O3S. The van der Waals surface area contributed by atoms with Gasteiger partial charge in [-0.25, -0.2) is 13.1 Å². The second-order valence-corrected chi connectivity index (χ2v) is 13.0. The van der Waals surface area contributed by atoms with Crippen molar-refractivity contribution in [3.05, 3.63) is 64.2 Å². The number of rotatable bonds is 10. The standard InChI is InChI=1S/C30H44N2O3S/c1-21(2)27-17-25(16-23-10-8-7-9-11-23)18-28(22(3)4)29(27)19-30(33)31-36(34,35)26-14-12-24(13-15-26)20-32(5)6/h12-15,17-18,21-23H,7-11,16,19-20H2,1-6H3,(H,31,33). The van der Waals surface area contributed by atoms with Crippen molar-refractivity contribution >= 4 is 15.9 Å². The van der Waals surface area contributed by atoms with Crippen LogP contribution in [0.2, 0.25) is 0 Å². The van der Waals surface area contributed by atoms with Crippen LogP contribution in [0.4, 0.5) is 0 Å². The monoisotopic (exact) mass is 512 g/mol. The van der Waals surface area contributed by atoms with E-state index in [-0.39, 0.29) is 23.2 Å². The summed E-state index contributed by atoms with van der Waals surface area (Å²) in [6, 6.07) is 11.2. The highest BCUT2D eigenvalue weighted by molar-refractivity contribution is 7.90. The van der Waals surface area contributed by atoms with Crippen molar-refractivity contribution in [3.8, 4) is 0 Å². The Bertz CT molecular complexity index is 1100. The van der Waals surface area contributed by atoms with Crippen molar-refractivity contribution in [2.75, 3.05) is 14.1 Å². The predicted molar refractivity (Wildman–Crippen MR) is 148 cm³/mol. The molecule has 0 heterocycles. The summed E-state index contributed by atoms with van der Waals surface area (Å²) >= 11 is 0. The number of nitrogens with one attached hydrogen (secondary N) is 1. The van der Waals surface area contributed by atoms with Gasteiger partial charge in [0.05, 0.1) is 11.3 Å². The number of nitrogens with zero attached hydrogens (tertiary/aromatic N) is 1. The van der Waals surface area contributed by atoms with Crippen LogP contribution < -0.4 is 4.72 Å². The maximum absolute atomic E-state index is 13.1. The fraction of sp³-hybridized carbons (Fsp3) is 0.567. The Balaban J connectivity index is 1.82. The van der Waals surface area contributed by atoms with E-state index in [9.17, 15) is 13.2 Å². The zero-order valence-corrected chi connectivity index (χ0v) is 23.7. The molecule has 1 saturated carbocycles. The molecule has 1 fully saturated rings. The molecule has 0 unspecified atom stereocenters. The van der Waals surface area contributed by atoms with E-state index in [0.717, 1.165) is 41.1 Å². The lowest BCUT2D eigenvalue weighted by molar-refractivity contribution is -0.118. The normalized spacial score (nSPS) is 15.1. The zero-order chi connectivity index (χ0) is 26.5. The summed E-state index contributed by atoms with van der Waals surface area (Å²) in [6.45, 7) is 9.32. The third-order valence-corrected chi connectivity index (χ3v) is 8.58. The summed E-state index contributed by atoms with van der Waals surface area (Å²) in [5, 5.41) is 0. The van der Waals surface area contributed by atoms with Crippen molar-refractivity contribution in [1.29, 1.82) is 0 Å². The number of carbonyl (C=O) groups is 1. The van der Waals surface area contributed by atoms with E-state index in [1.54, 1.807) is 24.3 Å². The second-order valence-electron chi connectivity index (χ2n) is 11.4. The molecule has 0 aliphatic heterocycles. The van der Waals surface area contributed by atoms with Gasteiger partial charge in [0.1, 0.15) is 0 Å². The molecule has 0 saturated heterocycles. The number of amides is 1. The first-order chi connectivity index (χ1) is 17.0. The van der Waals surface area contributed by atoms with Gasteiger partial charge in [-0.15, -0.1) is 0 Å². The Hall–Kier alpha value is -2.18. The Kier molecular flexibility index (Phi) is 9.76. The van der Waals surface area contributed by atoms with Gasteiger partial charge in [-0.3, -0.25) is 4.79 Å². The van der Waals surface area contributed by atoms with Gasteiger partial charge in [-0.1, -0.05) is 84.1 Å². The van der Waals surface area contributed by atoms with Crippen LogP contribution >= 0.6 is 0 Å². The highest BCUT2D eigenvalue weighted by Crippen LogP contribution is 2.33. The summed E-state index contributed by atoms with van der Waals surface area (Å²) in [7, 11) is -0.00645. The molecule has 6 heteroatoms. The molecule has 5 nitrogen and oxygen atoms in total. The van der Waals surface area contributed by atoms with Crippen LogP contribution in [0.15, 0.2) is 41.3 Å². The molecule has 1 amide bonds. The largest absolute Gasteiger partial charge is 0.305 e. The van der Waals surface area contributed by atoms with E-state index in [4.69, 9.17) is 0 Å². The molecule has 0 spiro atoms. The summed E-state index contributed by atoms with van der Waals surface area (Å²) in [6.07, 6.45) is 7.74.